The molecule has 4 heterocycles. The summed E-state index contributed by atoms with van der Waals surface area (Å²) in [6.45, 7) is 1.79. The van der Waals surface area contributed by atoms with E-state index in [2.05, 4.69) is 34.0 Å². The molecule has 0 aliphatic carbocycles. The van der Waals surface area contributed by atoms with Crippen molar-refractivity contribution in [1.29, 1.82) is 0 Å². The summed E-state index contributed by atoms with van der Waals surface area (Å²) in [7, 11) is 2.07. The molecule has 0 spiro atoms. The van der Waals surface area contributed by atoms with Gasteiger partial charge in [-0.15, -0.1) is 0 Å². The molecule has 168 valence electrons. The molecule has 0 unspecified atom stereocenters. The predicted octanol–water partition coefficient (Wildman–Crippen LogP) is 2.85. The van der Waals surface area contributed by atoms with E-state index >= 15 is 0 Å². The fourth-order valence-electron chi connectivity index (χ4n) is 5.29. The minimum absolute atomic E-state index is 0.138. The van der Waals surface area contributed by atoms with E-state index < -0.39 is 12.1 Å². The van der Waals surface area contributed by atoms with Gasteiger partial charge in [-0.25, -0.2) is 9.97 Å². The normalized spacial score (nSPS) is 20.5. The molecule has 33 heavy (non-hydrogen) atoms. The zero-order valence-electron chi connectivity index (χ0n) is 18.6. The van der Waals surface area contributed by atoms with Gasteiger partial charge in [0.15, 0.2) is 0 Å². The Kier molecular flexibility index (Phi) is 4.89. The first kappa shape index (κ1) is 20.3. The first-order chi connectivity index (χ1) is 16.1. The lowest BCUT2D eigenvalue weighted by atomic mass is 9.94. The minimum atomic E-state index is -0.618. The van der Waals surface area contributed by atoms with Gasteiger partial charge in [0.05, 0.1) is 36.0 Å². The quantitative estimate of drug-likeness (QED) is 0.492. The van der Waals surface area contributed by atoms with Gasteiger partial charge >= 0.3 is 0 Å². The number of aromatic nitrogens is 3. The van der Waals surface area contributed by atoms with Crippen molar-refractivity contribution in [2.75, 3.05) is 31.7 Å². The second kappa shape index (κ2) is 7.93. The summed E-state index contributed by atoms with van der Waals surface area (Å²) in [6.07, 6.45) is 5.03. The van der Waals surface area contributed by atoms with Crippen LogP contribution in [-0.2, 0) is 17.6 Å². The number of nitrogens with zero attached hydrogens (tertiary/aromatic N) is 4. The van der Waals surface area contributed by atoms with Crippen LogP contribution in [0.4, 0.5) is 5.82 Å². The molecular formula is C26H26N4O3. The van der Waals surface area contributed by atoms with Crippen LogP contribution in [0.3, 0.4) is 0 Å². The molecule has 2 aliphatic heterocycles. The highest BCUT2D eigenvalue weighted by molar-refractivity contribution is 6.06. The SMILES string of the molecule is CN1CCc2c(Cc3cc4c(=O)n([C@H]5COCC[C@@H]5O)cnc4c4ccccc34)ccnc21. The van der Waals surface area contributed by atoms with E-state index in [4.69, 9.17) is 4.74 Å². The lowest BCUT2D eigenvalue weighted by molar-refractivity contribution is -0.0303. The van der Waals surface area contributed by atoms with Crippen LogP contribution in [0, 0.1) is 0 Å². The number of hydrogen-bond acceptors (Lipinski definition) is 6. The van der Waals surface area contributed by atoms with Gasteiger partial charge in [-0.2, -0.15) is 0 Å². The van der Waals surface area contributed by atoms with E-state index in [-0.39, 0.29) is 5.56 Å². The van der Waals surface area contributed by atoms with Crippen molar-refractivity contribution in [3.8, 4) is 0 Å². The molecular weight excluding hydrogens is 416 g/mol. The Hall–Kier alpha value is -3.29. The van der Waals surface area contributed by atoms with E-state index in [0.29, 0.717) is 30.5 Å². The number of ether oxygens (including phenoxy) is 1. The number of hydrogen-bond donors (Lipinski definition) is 1. The summed E-state index contributed by atoms with van der Waals surface area (Å²) < 4.78 is 7.09. The zero-order valence-corrected chi connectivity index (χ0v) is 18.6. The van der Waals surface area contributed by atoms with Crippen LogP contribution in [0.1, 0.15) is 29.2 Å². The highest BCUT2D eigenvalue weighted by Gasteiger charge is 2.27. The van der Waals surface area contributed by atoms with E-state index in [9.17, 15) is 9.90 Å². The second-order valence-electron chi connectivity index (χ2n) is 9.05. The van der Waals surface area contributed by atoms with Gasteiger partial charge in [0, 0.05) is 31.8 Å². The third kappa shape index (κ3) is 3.31. The number of benzene rings is 2. The summed E-state index contributed by atoms with van der Waals surface area (Å²) >= 11 is 0. The fraction of sp³-hybridized carbons (Fsp3) is 0.346. The third-order valence-corrected chi connectivity index (χ3v) is 7.10. The molecule has 6 rings (SSSR count). The number of fused-ring (bicyclic) bond motifs is 4. The van der Waals surface area contributed by atoms with E-state index in [1.165, 1.54) is 11.1 Å². The molecule has 0 bridgehead atoms. The monoisotopic (exact) mass is 442 g/mol. The molecule has 7 heteroatoms. The molecule has 2 atom stereocenters. The molecule has 4 aromatic rings. The maximum absolute atomic E-state index is 13.6. The Balaban J connectivity index is 1.53. The van der Waals surface area contributed by atoms with Gasteiger partial charge in [0.25, 0.3) is 5.56 Å². The van der Waals surface area contributed by atoms with Gasteiger partial charge in [-0.3, -0.25) is 9.36 Å². The zero-order chi connectivity index (χ0) is 22.5. The molecule has 0 amide bonds. The Labute approximate surface area is 191 Å². The van der Waals surface area contributed by atoms with E-state index in [1.54, 1.807) is 10.9 Å². The highest BCUT2D eigenvalue weighted by Crippen LogP contribution is 2.32. The summed E-state index contributed by atoms with van der Waals surface area (Å²) in [5.41, 5.74) is 4.19. The maximum Gasteiger partial charge on any atom is 0.261 e. The van der Waals surface area contributed by atoms with Crippen molar-refractivity contribution in [1.82, 2.24) is 14.5 Å². The van der Waals surface area contributed by atoms with Gasteiger partial charge < -0.3 is 14.7 Å². The first-order valence-corrected chi connectivity index (χ1v) is 11.5. The Bertz CT molecular complexity index is 1430. The second-order valence-corrected chi connectivity index (χ2v) is 9.05. The number of aliphatic hydroxyl groups excluding tert-OH is 1. The van der Waals surface area contributed by atoms with Crippen LogP contribution < -0.4 is 10.5 Å². The number of rotatable bonds is 3. The summed E-state index contributed by atoms with van der Waals surface area (Å²) in [5.74, 6) is 1.05. The average Bonchev–Trinajstić information content (AvgIpc) is 3.22. The van der Waals surface area contributed by atoms with Gasteiger partial charge in [0.1, 0.15) is 5.82 Å². The van der Waals surface area contributed by atoms with E-state index in [0.717, 1.165) is 41.5 Å². The molecule has 0 radical (unpaired) electrons. The maximum atomic E-state index is 13.6. The number of pyridine rings is 1. The molecule has 0 saturated carbocycles. The predicted molar refractivity (Wildman–Crippen MR) is 128 cm³/mol. The van der Waals surface area contributed by atoms with Crippen molar-refractivity contribution in [3.63, 3.8) is 0 Å². The van der Waals surface area contributed by atoms with E-state index in [1.807, 2.05) is 30.5 Å². The fourth-order valence-corrected chi connectivity index (χ4v) is 5.29. The number of anilines is 1. The summed E-state index contributed by atoms with van der Waals surface area (Å²) in [6, 6.07) is 11.8. The van der Waals surface area contributed by atoms with Crippen molar-refractivity contribution in [2.24, 2.45) is 0 Å². The molecule has 1 saturated heterocycles. The smallest absolute Gasteiger partial charge is 0.261 e. The van der Waals surface area contributed by atoms with Crippen molar-refractivity contribution in [3.05, 3.63) is 76.0 Å². The minimum Gasteiger partial charge on any atom is -0.391 e. The van der Waals surface area contributed by atoms with Gasteiger partial charge in [-0.1, -0.05) is 24.3 Å². The third-order valence-electron chi connectivity index (χ3n) is 7.10. The van der Waals surface area contributed by atoms with Crippen LogP contribution in [-0.4, -0.2) is 52.6 Å². The Morgan fingerprint density at radius 1 is 1.12 bits per heavy atom. The van der Waals surface area contributed by atoms with Crippen molar-refractivity contribution in [2.45, 2.75) is 31.4 Å². The highest BCUT2D eigenvalue weighted by atomic mass is 16.5. The first-order valence-electron chi connectivity index (χ1n) is 11.5. The van der Waals surface area contributed by atoms with Gasteiger partial charge in [-0.05, 0) is 53.5 Å². The molecule has 2 aromatic heterocycles. The molecule has 7 nitrogen and oxygen atoms in total. The standard InChI is InChI=1S/C26H26N4O3/c1-29-10-7-19-16(6-9-27-25(19)29)12-17-13-21-24(20-5-3-2-4-18(17)20)28-15-30(26(21)32)22-14-33-11-8-23(22)31/h2-6,9,13,15,22-23,31H,7-8,10-12,14H2,1H3/t22-,23-/m0/s1. The van der Waals surface area contributed by atoms with Crippen LogP contribution in [0.5, 0.6) is 0 Å². The molecule has 2 aromatic carbocycles. The van der Waals surface area contributed by atoms with Crippen molar-refractivity contribution < 1.29 is 9.84 Å². The lowest BCUT2D eigenvalue weighted by Crippen LogP contribution is -2.39. The van der Waals surface area contributed by atoms with Crippen LogP contribution in [0.2, 0.25) is 0 Å². The Morgan fingerprint density at radius 3 is 2.82 bits per heavy atom. The molecule has 1 fully saturated rings. The van der Waals surface area contributed by atoms with Crippen LogP contribution >= 0.6 is 0 Å². The van der Waals surface area contributed by atoms with Crippen molar-refractivity contribution >= 4 is 27.5 Å². The topological polar surface area (TPSA) is 80.5 Å². The Morgan fingerprint density at radius 2 is 1.97 bits per heavy atom. The van der Waals surface area contributed by atoms with Gasteiger partial charge in [0.2, 0.25) is 0 Å². The van der Waals surface area contributed by atoms with Crippen LogP contribution in [0.25, 0.3) is 21.7 Å². The largest absolute Gasteiger partial charge is 0.391 e. The average molecular weight is 443 g/mol. The number of aliphatic hydroxyl groups is 1. The lowest BCUT2D eigenvalue weighted by Gasteiger charge is -2.29. The molecule has 1 N–H and O–H groups in total. The number of likely N-dealkylation sites (N-methyl/N-ethyl adjacent to an activating group) is 1. The summed E-state index contributed by atoms with van der Waals surface area (Å²) in [4.78, 5) is 25.0. The summed E-state index contributed by atoms with van der Waals surface area (Å²) in [5, 5.41) is 13.1. The molecule has 2 aliphatic rings. The van der Waals surface area contributed by atoms with Crippen LogP contribution in [0.15, 0.2) is 53.7 Å².